The first-order valence-electron chi connectivity index (χ1n) is 5.76. The van der Waals surface area contributed by atoms with Crippen LogP contribution in [0, 0.1) is 0 Å². The number of aliphatic hydroxyl groups is 2. The first kappa shape index (κ1) is 16.4. The number of amides is 1. The summed E-state index contributed by atoms with van der Waals surface area (Å²) < 4.78 is 5.77. The molecule has 1 rings (SSSR count). The lowest BCUT2D eigenvalue weighted by molar-refractivity contribution is 0.0143. The third kappa shape index (κ3) is 5.48. The van der Waals surface area contributed by atoms with Gasteiger partial charge in [0.2, 0.25) is 0 Å². The van der Waals surface area contributed by atoms with E-state index in [1.807, 2.05) is 0 Å². The maximum absolute atomic E-state index is 11.4. The van der Waals surface area contributed by atoms with Crippen molar-refractivity contribution in [3.8, 4) is 0 Å². The Kier molecular flexibility index (Phi) is 5.79. The van der Waals surface area contributed by atoms with E-state index >= 15 is 0 Å². The van der Waals surface area contributed by atoms with Crippen LogP contribution in [0.5, 0.6) is 0 Å². The van der Waals surface area contributed by atoms with E-state index in [9.17, 15) is 15.0 Å². The molecule has 0 radical (unpaired) electrons. The highest BCUT2D eigenvalue weighted by atomic mass is 79.9. The summed E-state index contributed by atoms with van der Waals surface area (Å²) in [4.78, 5) is 12.0. The molecular weight excluding hydrogens is 334 g/mol. The molecule has 0 aliphatic carbocycles. The van der Waals surface area contributed by atoms with Crippen LogP contribution in [0.4, 0.5) is 4.79 Å². The Labute approximate surface area is 124 Å². The quantitative estimate of drug-likeness (QED) is 0.778. The zero-order chi connectivity index (χ0) is 14.6. The molecular formula is C12H18BrNO4S. The molecule has 3 N–H and O–H groups in total. The highest BCUT2D eigenvalue weighted by Crippen LogP contribution is 2.30. The van der Waals surface area contributed by atoms with Gasteiger partial charge in [0.1, 0.15) is 17.8 Å². The Morgan fingerprint density at radius 2 is 2.16 bits per heavy atom. The van der Waals surface area contributed by atoms with Gasteiger partial charge in [-0.1, -0.05) is 0 Å². The molecule has 0 saturated carbocycles. The molecule has 5 nitrogen and oxygen atoms in total. The smallest absolute Gasteiger partial charge is 0.407 e. The van der Waals surface area contributed by atoms with Gasteiger partial charge in [-0.15, -0.1) is 11.3 Å². The fourth-order valence-electron chi connectivity index (χ4n) is 1.30. The Balaban J connectivity index is 2.45. The monoisotopic (exact) mass is 351 g/mol. The summed E-state index contributed by atoms with van der Waals surface area (Å²) in [6, 6.07) is 1.79. The number of thiophene rings is 1. The summed E-state index contributed by atoms with van der Waals surface area (Å²) in [5.74, 6) is 0. The summed E-state index contributed by atoms with van der Waals surface area (Å²) in [5, 5.41) is 24.0. The molecule has 2 unspecified atom stereocenters. The molecule has 0 aromatic carbocycles. The standard InChI is InChI=1S/C12H18BrNO4S/c1-12(2,3)18-11(17)14-6-8(15)9(16)10-7(13)4-5-19-10/h4-5,8-9,15-16H,6H2,1-3H3,(H,14,17). The molecule has 1 amide bonds. The molecule has 0 aliphatic rings. The number of ether oxygens (including phenoxy) is 1. The maximum Gasteiger partial charge on any atom is 0.407 e. The third-order valence-electron chi connectivity index (χ3n) is 2.13. The molecule has 2 atom stereocenters. The fourth-order valence-corrected chi connectivity index (χ4v) is 2.95. The number of hydrogen-bond acceptors (Lipinski definition) is 5. The average molecular weight is 352 g/mol. The van der Waals surface area contributed by atoms with E-state index in [4.69, 9.17) is 4.74 Å². The summed E-state index contributed by atoms with van der Waals surface area (Å²) in [5.41, 5.74) is -0.593. The normalized spacial score (nSPS) is 14.8. The average Bonchev–Trinajstić information content (AvgIpc) is 2.69. The van der Waals surface area contributed by atoms with Crippen molar-refractivity contribution in [2.75, 3.05) is 6.54 Å². The number of carbonyl (C=O) groups is 1. The minimum absolute atomic E-state index is 0.0829. The lowest BCUT2D eigenvalue weighted by atomic mass is 10.1. The van der Waals surface area contributed by atoms with Gasteiger partial charge in [-0.2, -0.15) is 0 Å². The van der Waals surface area contributed by atoms with E-state index in [0.29, 0.717) is 4.88 Å². The molecule has 0 saturated heterocycles. The van der Waals surface area contributed by atoms with E-state index in [0.717, 1.165) is 4.47 Å². The van der Waals surface area contributed by atoms with E-state index in [2.05, 4.69) is 21.2 Å². The van der Waals surface area contributed by atoms with Gasteiger partial charge >= 0.3 is 6.09 Å². The Morgan fingerprint density at radius 1 is 1.53 bits per heavy atom. The van der Waals surface area contributed by atoms with Gasteiger partial charge in [-0.3, -0.25) is 0 Å². The lowest BCUT2D eigenvalue weighted by Crippen LogP contribution is -2.38. The predicted molar refractivity (Wildman–Crippen MR) is 77.2 cm³/mol. The van der Waals surface area contributed by atoms with Gasteiger partial charge in [0, 0.05) is 15.9 Å². The molecule has 0 fully saturated rings. The zero-order valence-corrected chi connectivity index (χ0v) is 13.4. The second-order valence-electron chi connectivity index (χ2n) is 5.03. The SMILES string of the molecule is CC(C)(C)OC(=O)NCC(O)C(O)c1sccc1Br. The highest BCUT2D eigenvalue weighted by Gasteiger charge is 2.23. The van der Waals surface area contributed by atoms with E-state index < -0.39 is 23.9 Å². The number of alkyl carbamates (subject to hydrolysis) is 1. The topological polar surface area (TPSA) is 78.8 Å². The van der Waals surface area contributed by atoms with Crippen molar-refractivity contribution in [3.05, 3.63) is 20.8 Å². The predicted octanol–water partition coefficient (Wildman–Crippen LogP) is 2.43. The second-order valence-corrected chi connectivity index (χ2v) is 6.83. The number of rotatable bonds is 4. The summed E-state index contributed by atoms with van der Waals surface area (Å²) in [6.07, 6.45) is -2.77. The third-order valence-corrected chi connectivity index (χ3v) is 4.07. The van der Waals surface area contributed by atoms with Crippen LogP contribution in [0.3, 0.4) is 0 Å². The molecule has 0 spiro atoms. The molecule has 1 heterocycles. The van der Waals surface area contributed by atoms with Crippen LogP contribution in [0.1, 0.15) is 31.8 Å². The molecule has 0 aliphatic heterocycles. The molecule has 7 heteroatoms. The van der Waals surface area contributed by atoms with Gasteiger partial charge < -0.3 is 20.3 Å². The molecule has 1 aromatic heterocycles. The number of nitrogens with one attached hydrogen (secondary N) is 1. The summed E-state index contributed by atoms with van der Waals surface area (Å²) >= 11 is 4.61. The number of hydrogen-bond donors (Lipinski definition) is 3. The number of carbonyl (C=O) groups excluding carboxylic acids is 1. The zero-order valence-electron chi connectivity index (χ0n) is 11.0. The van der Waals surface area contributed by atoms with Crippen LogP contribution in [0.2, 0.25) is 0 Å². The minimum Gasteiger partial charge on any atom is -0.444 e. The molecule has 1 aromatic rings. The summed E-state index contributed by atoms with van der Waals surface area (Å²) in [7, 11) is 0. The van der Waals surface area contributed by atoms with Crippen LogP contribution in [-0.4, -0.2) is 34.6 Å². The van der Waals surface area contributed by atoms with E-state index in [1.165, 1.54) is 11.3 Å². The Hall–Kier alpha value is -0.630. The lowest BCUT2D eigenvalue weighted by Gasteiger charge is -2.22. The Morgan fingerprint density at radius 3 is 2.63 bits per heavy atom. The molecule has 108 valence electrons. The van der Waals surface area contributed by atoms with Gasteiger partial charge in [0.25, 0.3) is 0 Å². The van der Waals surface area contributed by atoms with E-state index in [1.54, 1.807) is 32.2 Å². The van der Waals surface area contributed by atoms with Crippen molar-refractivity contribution in [3.63, 3.8) is 0 Å². The van der Waals surface area contributed by atoms with Crippen molar-refractivity contribution in [1.29, 1.82) is 0 Å². The van der Waals surface area contributed by atoms with Crippen molar-refractivity contribution in [1.82, 2.24) is 5.32 Å². The van der Waals surface area contributed by atoms with Crippen LogP contribution in [0.15, 0.2) is 15.9 Å². The van der Waals surface area contributed by atoms with Crippen LogP contribution in [0.25, 0.3) is 0 Å². The van der Waals surface area contributed by atoms with Crippen molar-refractivity contribution < 1.29 is 19.7 Å². The fraction of sp³-hybridized carbons (Fsp3) is 0.583. The highest BCUT2D eigenvalue weighted by molar-refractivity contribution is 9.10. The van der Waals surface area contributed by atoms with Gasteiger partial charge in [-0.25, -0.2) is 4.79 Å². The first-order chi connectivity index (χ1) is 8.70. The number of halogens is 1. The maximum atomic E-state index is 11.4. The van der Waals surface area contributed by atoms with Crippen molar-refractivity contribution in [2.45, 2.75) is 38.6 Å². The van der Waals surface area contributed by atoms with Crippen LogP contribution in [-0.2, 0) is 4.74 Å². The minimum atomic E-state index is -1.09. The molecule has 0 bridgehead atoms. The van der Waals surface area contributed by atoms with Gasteiger partial charge in [0.05, 0.1) is 0 Å². The molecule has 19 heavy (non-hydrogen) atoms. The van der Waals surface area contributed by atoms with Crippen molar-refractivity contribution in [2.24, 2.45) is 0 Å². The summed E-state index contributed by atoms with van der Waals surface area (Å²) in [6.45, 7) is 5.17. The van der Waals surface area contributed by atoms with Crippen LogP contribution < -0.4 is 5.32 Å². The second kappa shape index (κ2) is 6.69. The van der Waals surface area contributed by atoms with Crippen molar-refractivity contribution >= 4 is 33.4 Å². The first-order valence-corrected chi connectivity index (χ1v) is 7.44. The number of aliphatic hydroxyl groups excluding tert-OH is 2. The van der Waals surface area contributed by atoms with Gasteiger partial charge in [0.15, 0.2) is 0 Å². The largest absolute Gasteiger partial charge is 0.444 e. The Bertz CT molecular complexity index is 430. The van der Waals surface area contributed by atoms with Gasteiger partial charge in [-0.05, 0) is 48.1 Å². The van der Waals surface area contributed by atoms with E-state index in [-0.39, 0.29) is 6.54 Å². The van der Waals surface area contributed by atoms with Crippen LogP contribution >= 0.6 is 27.3 Å².